The van der Waals surface area contributed by atoms with Crippen molar-refractivity contribution < 1.29 is 4.92 Å². The molecule has 21 heavy (non-hydrogen) atoms. The summed E-state index contributed by atoms with van der Waals surface area (Å²) in [5.74, 6) is 0.433. The summed E-state index contributed by atoms with van der Waals surface area (Å²) in [5.41, 5.74) is 1.57. The van der Waals surface area contributed by atoms with E-state index in [1.165, 1.54) is 0 Å². The molecule has 7 nitrogen and oxygen atoms in total. The number of rotatable bonds is 4. The molecule has 2 aromatic rings. The molecule has 0 aliphatic rings. The summed E-state index contributed by atoms with van der Waals surface area (Å²) in [5, 5.41) is 17.5. The van der Waals surface area contributed by atoms with E-state index in [0.29, 0.717) is 16.7 Å². The van der Waals surface area contributed by atoms with Gasteiger partial charge < -0.3 is 10.6 Å². The maximum atomic E-state index is 11.2. The van der Waals surface area contributed by atoms with E-state index in [1.54, 1.807) is 32.2 Å². The Balaban J connectivity index is 2.54. The summed E-state index contributed by atoms with van der Waals surface area (Å²) in [6, 6.07) is 5.29. The highest BCUT2D eigenvalue weighted by Crippen LogP contribution is 2.32. The number of nitro groups is 1. The number of halogens is 1. The van der Waals surface area contributed by atoms with Crippen molar-refractivity contribution in [2.24, 2.45) is 0 Å². The van der Waals surface area contributed by atoms with Crippen LogP contribution < -0.4 is 10.6 Å². The molecule has 2 N–H and O–H groups in total. The highest BCUT2D eigenvalue weighted by atomic mass is 35.5. The first-order valence-electron chi connectivity index (χ1n) is 6.17. The molecule has 1 aromatic heterocycles. The van der Waals surface area contributed by atoms with Crippen LogP contribution >= 0.6 is 11.6 Å². The van der Waals surface area contributed by atoms with Crippen molar-refractivity contribution in [3.63, 3.8) is 0 Å². The monoisotopic (exact) mass is 307 g/mol. The number of hydrogen-bond donors (Lipinski definition) is 2. The lowest BCUT2D eigenvalue weighted by atomic mass is 10.2. The number of nitrogens with zero attached hydrogens (tertiary/aromatic N) is 3. The zero-order valence-corrected chi connectivity index (χ0v) is 12.5. The first kappa shape index (κ1) is 15.0. The van der Waals surface area contributed by atoms with Crippen LogP contribution in [0.25, 0.3) is 0 Å². The molecule has 8 heteroatoms. The molecule has 0 fully saturated rings. The molecule has 0 atom stereocenters. The molecule has 1 aromatic carbocycles. The van der Waals surface area contributed by atoms with Crippen molar-refractivity contribution >= 4 is 34.7 Å². The summed E-state index contributed by atoms with van der Waals surface area (Å²) in [7, 11) is 1.65. The molecule has 0 bridgehead atoms. The van der Waals surface area contributed by atoms with Gasteiger partial charge in [0, 0.05) is 17.8 Å². The summed E-state index contributed by atoms with van der Waals surface area (Å²) in [6.45, 7) is 3.39. The van der Waals surface area contributed by atoms with Crippen molar-refractivity contribution in [1.82, 2.24) is 9.97 Å². The first-order chi connectivity index (χ1) is 9.93. The Hall–Kier alpha value is -2.41. The Morgan fingerprint density at radius 2 is 2.00 bits per heavy atom. The van der Waals surface area contributed by atoms with Gasteiger partial charge in [-0.05, 0) is 31.5 Å². The van der Waals surface area contributed by atoms with Crippen molar-refractivity contribution in [3.05, 3.63) is 44.6 Å². The molecular weight excluding hydrogens is 294 g/mol. The van der Waals surface area contributed by atoms with Crippen LogP contribution in [-0.4, -0.2) is 21.9 Å². The summed E-state index contributed by atoms with van der Waals surface area (Å²) in [4.78, 5) is 18.9. The standard InChI is InChI=1S/C13H14ClN5O2/c1-7-9(14)5-4-6-10(7)17-12-11(19(20)21)8(2)16-13(15-3)18-12/h4-6H,1-3H3,(H2,15,16,17,18). The Bertz CT molecular complexity index is 705. The fraction of sp³-hybridized carbons (Fsp3) is 0.231. The van der Waals surface area contributed by atoms with E-state index in [4.69, 9.17) is 11.6 Å². The highest BCUT2D eigenvalue weighted by molar-refractivity contribution is 6.31. The van der Waals surface area contributed by atoms with Gasteiger partial charge in [-0.15, -0.1) is 0 Å². The van der Waals surface area contributed by atoms with Gasteiger partial charge in [-0.2, -0.15) is 4.98 Å². The third-order valence-electron chi connectivity index (χ3n) is 2.99. The molecule has 0 spiro atoms. The van der Waals surface area contributed by atoms with Crippen molar-refractivity contribution in [1.29, 1.82) is 0 Å². The predicted molar refractivity (Wildman–Crippen MR) is 82.4 cm³/mol. The van der Waals surface area contributed by atoms with Crippen molar-refractivity contribution in [2.75, 3.05) is 17.7 Å². The lowest BCUT2D eigenvalue weighted by Gasteiger charge is -2.12. The molecule has 0 aliphatic heterocycles. The van der Waals surface area contributed by atoms with Gasteiger partial charge in [-0.1, -0.05) is 17.7 Å². The van der Waals surface area contributed by atoms with Gasteiger partial charge in [0.1, 0.15) is 5.69 Å². The predicted octanol–water partition coefficient (Wildman–Crippen LogP) is 3.44. The fourth-order valence-corrected chi connectivity index (χ4v) is 2.03. The van der Waals surface area contributed by atoms with Crippen LogP contribution in [-0.2, 0) is 0 Å². The smallest absolute Gasteiger partial charge is 0.332 e. The van der Waals surface area contributed by atoms with Gasteiger partial charge in [-0.3, -0.25) is 10.1 Å². The quantitative estimate of drug-likeness (QED) is 0.664. The minimum atomic E-state index is -0.503. The van der Waals surface area contributed by atoms with E-state index in [1.807, 2.05) is 6.92 Å². The zero-order chi connectivity index (χ0) is 15.6. The van der Waals surface area contributed by atoms with Gasteiger partial charge in [0.2, 0.25) is 11.8 Å². The van der Waals surface area contributed by atoms with Gasteiger partial charge in [0.05, 0.1) is 4.92 Å². The van der Waals surface area contributed by atoms with Crippen LogP contribution in [0.15, 0.2) is 18.2 Å². The number of aryl methyl sites for hydroxylation is 1. The van der Waals surface area contributed by atoms with E-state index >= 15 is 0 Å². The molecule has 0 unspecified atom stereocenters. The van der Waals surface area contributed by atoms with Crippen LogP contribution in [0.1, 0.15) is 11.3 Å². The second-order valence-corrected chi connectivity index (χ2v) is 4.78. The Labute approximate surface area is 126 Å². The van der Waals surface area contributed by atoms with Gasteiger partial charge in [0.15, 0.2) is 0 Å². The van der Waals surface area contributed by atoms with Crippen LogP contribution in [0.4, 0.5) is 23.1 Å². The van der Waals surface area contributed by atoms with E-state index in [9.17, 15) is 10.1 Å². The van der Waals surface area contributed by atoms with Crippen LogP contribution in [0.3, 0.4) is 0 Å². The summed E-state index contributed by atoms with van der Waals surface area (Å²) in [6.07, 6.45) is 0. The van der Waals surface area contributed by atoms with E-state index < -0.39 is 4.92 Å². The van der Waals surface area contributed by atoms with Crippen molar-refractivity contribution in [3.8, 4) is 0 Å². The fourth-order valence-electron chi connectivity index (χ4n) is 1.85. The summed E-state index contributed by atoms with van der Waals surface area (Å²) < 4.78 is 0. The molecule has 110 valence electrons. The normalized spacial score (nSPS) is 10.3. The highest BCUT2D eigenvalue weighted by Gasteiger charge is 2.22. The molecule has 2 rings (SSSR count). The Kier molecular flexibility index (Phi) is 4.23. The minimum Gasteiger partial charge on any atom is -0.357 e. The average Bonchev–Trinajstić information content (AvgIpc) is 2.42. The third-order valence-corrected chi connectivity index (χ3v) is 3.39. The number of anilines is 3. The van der Waals surface area contributed by atoms with Crippen LogP contribution in [0.2, 0.25) is 5.02 Å². The SMILES string of the molecule is CNc1nc(C)c([N+](=O)[O-])c(Nc2cccc(Cl)c2C)n1. The zero-order valence-electron chi connectivity index (χ0n) is 11.8. The molecular formula is C13H14ClN5O2. The van der Waals surface area contributed by atoms with E-state index in [-0.39, 0.29) is 17.2 Å². The second-order valence-electron chi connectivity index (χ2n) is 4.37. The largest absolute Gasteiger partial charge is 0.357 e. The Morgan fingerprint density at radius 1 is 1.29 bits per heavy atom. The molecule has 0 aliphatic carbocycles. The average molecular weight is 308 g/mol. The Morgan fingerprint density at radius 3 is 2.62 bits per heavy atom. The molecule has 1 heterocycles. The molecule has 0 saturated carbocycles. The number of hydrogen-bond acceptors (Lipinski definition) is 6. The first-order valence-corrected chi connectivity index (χ1v) is 6.54. The molecule has 0 saturated heterocycles. The summed E-state index contributed by atoms with van der Waals surface area (Å²) >= 11 is 6.05. The van der Waals surface area contributed by atoms with Gasteiger partial charge in [0.25, 0.3) is 0 Å². The maximum absolute atomic E-state index is 11.2. The lowest BCUT2D eigenvalue weighted by Crippen LogP contribution is -2.07. The van der Waals surface area contributed by atoms with Gasteiger partial charge >= 0.3 is 5.69 Å². The maximum Gasteiger partial charge on any atom is 0.332 e. The second kappa shape index (κ2) is 5.92. The van der Waals surface area contributed by atoms with E-state index in [0.717, 1.165) is 5.56 Å². The van der Waals surface area contributed by atoms with Crippen LogP contribution in [0, 0.1) is 24.0 Å². The molecule has 0 amide bonds. The minimum absolute atomic E-state index is 0.127. The lowest BCUT2D eigenvalue weighted by molar-refractivity contribution is -0.385. The number of benzene rings is 1. The van der Waals surface area contributed by atoms with Crippen LogP contribution in [0.5, 0.6) is 0 Å². The van der Waals surface area contributed by atoms with Crippen molar-refractivity contribution in [2.45, 2.75) is 13.8 Å². The number of nitrogens with one attached hydrogen (secondary N) is 2. The van der Waals surface area contributed by atoms with E-state index in [2.05, 4.69) is 20.6 Å². The third kappa shape index (κ3) is 3.03. The number of aromatic nitrogens is 2. The molecule has 0 radical (unpaired) electrons. The topological polar surface area (TPSA) is 93.0 Å². The van der Waals surface area contributed by atoms with Gasteiger partial charge in [-0.25, -0.2) is 4.98 Å².